The molecular formula is C14H21NO3S. The van der Waals surface area contributed by atoms with Crippen LogP contribution < -0.4 is 4.72 Å². The molecule has 5 heteroatoms. The maximum atomic E-state index is 12.0. The van der Waals surface area contributed by atoms with Crippen molar-refractivity contribution in [3.8, 4) is 0 Å². The number of hydrogen-bond donors (Lipinski definition) is 1. The molecule has 19 heavy (non-hydrogen) atoms. The van der Waals surface area contributed by atoms with Gasteiger partial charge in [0.15, 0.2) is 0 Å². The monoisotopic (exact) mass is 283 g/mol. The van der Waals surface area contributed by atoms with E-state index >= 15 is 0 Å². The van der Waals surface area contributed by atoms with Crippen molar-refractivity contribution in [3.05, 3.63) is 35.9 Å². The molecule has 1 amide bonds. The first kappa shape index (κ1) is 15.7. The number of hydrogen-bond acceptors (Lipinski definition) is 3. The zero-order chi connectivity index (χ0) is 14.5. The second-order valence-corrected chi connectivity index (χ2v) is 6.84. The van der Waals surface area contributed by atoms with Crippen LogP contribution >= 0.6 is 0 Å². The minimum Gasteiger partial charge on any atom is -0.273 e. The summed E-state index contributed by atoms with van der Waals surface area (Å²) >= 11 is 0. The van der Waals surface area contributed by atoms with Gasteiger partial charge in [-0.15, -0.1) is 0 Å². The van der Waals surface area contributed by atoms with Gasteiger partial charge in [0.25, 0.3) is 0 Å². The largest absolute Gasteiger partial charge is 0.273 e. The molecule has 1 aromatic rings. The van der Waals surface area contributed by atoms with Crippen LogP contribution in [0.15, 0.2) is 30.3 Å². The summed E-state index contributed by atoms with van der Waals surface area (Å²) < 4.78 is 26.0. The second-order valence-electron chi connectivity index (χ2n) is 4.74. The van der Waals surface area contributed by atoms with Crippen molar-refractivity contribution < 1.29 is 13.2 Å². The van der Waals surface area contributed by atoms with Crippen LogP contribution in [0, 0.1) is 0 Å². The topological polar surface area (TPSA) is 63.2 Å². The molecule has 0 heterocycles. The quantitative estimate of drug-likeness (QED) is 0.872. The summed E-state index contributed by atoms with van der Waals surface area (Å²) in [6.07, 6.45) is 1.31. The molecule has 0 saturated heterocycles. The van der Waals surface area contributed by atoms with Crippen LogP contribution in [0.3, 0.4) is 0 Å². The average molecular weight is 283 g/mol. The van der Waals surface area contributed by atoms with Gasteiger partial charge in [0.2, 0.25) is 15.9 Å². The molecule has 1 aromatic carbocycles. The van der Waals surface area contributed by atoms with Gasteiger partial charge in [0.05, 0.1) is 11.2 Å². The Bertz CT molecular complexity index is 511. The van der Waals surface area contributed by atoms with E-state index < -0.39 is 27.1 Å². The zero-order valence-corrected chi connectivity index (χ0v) is 12.4. The molecule has 2 atom stereocenters. The van der Waals surface area contributed by atoms with Gasteiger partial charge in [-0.25, -0.2) is 8.42 Å². The summed E-state index contributed by atoms with van der Waals surface area (Å²) in [6.45, 7) is 5.23. The average Bonchev–Trinajstić information content (AvgIpc) is 2.38. The lowest BCUT2D eigenvalue weighted by Crippen LogP contribution is -2.39. The summed E-state index contributed by atoms with van der Waals surface area (Å²) in [4.78, 5) is 12.0. The van der Waals surface area contributed by atoms with Gasteiger partial charge in [0, 0.05) is 0 Å². The Balaban J connectivity index is 2.75. The molecule has 0 bridgehead atoms. The van der Waals surface area contributed by atoms with Crippen LogP contribution in [0.2, 0.25) is 0 Å². The molecule has 0 fully saturated rings. The number of amides is 1. The van der Waals surface area contributed by atoms with E-state index in [1.807, 2.05) is 37.3 Å². The standard InChI is InChI=1S/C14H21NO3S/c1-4-8-11(2)19(17,18)15-14(16)12(3)13-9-6-5-7-10-13/h5-7,9-12H,4,8H2,1-3H3,(H,15,16)/t11-,12+/m1/s1. The molecule has 0 radical (unpaired) electrons. The van der Waals surface area contributed by atoms with Crippen LogP contribution in [0.1, 0.15) is 45.1 Å². The molecular weight excluding hydrogens is 262 g/mol. The van der Waals surface area contributed by atoms with Crippen LogP contribution in [0.5, 0.6) is 0 Å². The van der Waals surface area contributed by atoms with Crippen LogP contribution in [-0.2, 0) is 14.8 Å². The molecule has 4 nitrogen and oxygen atoms in total. The van der Waals surface area contributed by atoms with E-state index in [2.05, 4.69) is 4.72 Å². The van der Waals surface area contributed by atoms with Crippen LogP contribution in [0.25, 0.3) is 0 Å². The van der Waals surface area contributed by atoms with E-state index in [1.165, 1.54) is 0 Å². The van der Waals surface area contributed by atoms with Gasteiger partial charge in [-0.1, -0.05) is 43.7 Å². The number of rotatable bonds is 6. The summed E-state index contributed by atoms with van der Waals surface area (Å²) in [5.74, 6) is -0.959. The fraction of sp³-hybridized carbons (Fsp3) is 0.500. The maximum absolute atomic E-state index is 12.0. The fourth-order valence-electron chi connectivity index (χ4n) is 1.78. The molecule has 0 unspecified atom stereocenters. The molecule has 0 saturated carbocycles. The molecule has 0 aliphatic rings. The Hall–Kier alpha value is -1.36. The van der Waals surface area contributed by atoms with Crippen molar-refractivity contribution >= 4 is 15.9 Å². The third-order valence-electron chi connectivity index (χ3n) is 3.16. The van der Waals surface area contributed by atoms with E-state index in [4.69, 9.17) is 0 Å². The summed E-state index contributed by atoms with van der Waals surface area (Å²) in [6, 6.07) is 9.13. The lowest BCUT2D eigenvalue weighted by atomic mass is 10.0. The number of benzene rings is 1. The highest BCUT2D eigenvalue weighted by Crippen LogP contribution is 2.16. The molecule has 0 spiro atoms. The molecule has 0 aliphatic carbocycles. The van der Waals surface area contributed by atoms with Crippen LogP contribution in [0.4, 0.5) is 0 Å². The van der Waals surface area contributed by atoms with Crippen molar-refractivity contribution in [2.75, 3.05) is 0 Å². The zero-order valence-electron chi connectivity index (χ0n) is 11.6. The molecule has 0 aliphatic heterocycles. The lowest BCUT2D eigenvalue weighted by Gasteiger charge is -2.16. The Kier molecular flexibility index (Phi) is 5.54. The fourth-order valence-corrected chi connectivity index (χ4v) is 2.99. The molecule has 0 aromatic heterocycles. The normalized spacial score (nSPS) is 14.7. The first-order valence-electron chi connectivity index (χ1n) is 6.49. The van der Waals surface area contributed by atoms with Gasteiger partial charge in [0.1, 0.15) is 0 Å². The smallest absolute Gasteiger partial charge is 0.240 e. The third kappa shape index (κ3) is 4.35. The Morgan fingerprint density at radius 3 is 2.32 bits per heavy atom. The van der Waals surface area contributed by atoms with E-state index in [1.54, 1.807) is 13.8 Å². The van der Waals surface area contributed by atoms with E-state index in [9.17, 15) is 13.2 Å². The van der Waals surface area contributed by atoms with Crippen molar-refractivity contribution in [1.29, 1.82) is 0 Å². The minimum atomic E-state index is -3.57. The van der Waals surface area contributed by atoms with Gasteiger partial charge in [-0.3, -0.25) is 9.52 Å². The number of carbonyl (C=O) groups excluding carboxylic acids is 1. The van der Waals surface area contributed by atoms with Gasteiger partial charge < -0.3 is 0 Å². The van der Waals surface area contributed by atoms with Gasteiger partial charge in [-0.05, 0) is 25.8 Å². The van der Waals surface area contributed by atoms with E-state index in [0.29, 0.717) is 6.42 Å². The van der Waals surface area contributed by atoms with Gasteiger partial charge in [-0.2, -0.15) is 0 Å². The highest BCUT2D eigenvalue weighted by Gasteiger charge is 2.25. The third-order valence-corrected chi connectivity index (χ3v) is 4.94. The first-order valence-corrected chi connectivity index (χ1v) is 8.03. The minimum absolute atomic E-state index is 0.478. The van der Waals surface area contributed by atoms with Crippen molar-refractivity contribution in [3.63, 3.8) is 0 Å². The molecule has 106 valence electrons. The Morgan fingerprint density at radius 2 is 1.79 bits per heavy atom. The lowest BCUT2D eigenvalue weighted by molar-refractivity contribution is -0.120. The highest BCUT2D eigenvalue weighted by atomic mass is 32.2. The Labute approximate surface area is 115 Å². The summed E-state index contributed by atoms with van der Waals surface area (Å²) in [5, 5.41) is -0.551. The number of nitrogens with one attached hydrogen (secondary N) is 1. The number of sulfonamides is 1. The van der Waals surface area contributed by atoms with E-state index in [0.717, 1.165) is 12.0 Å². The predicted octanol–water partition coefficient (Wildman–Crippen LogP) is 2.42. The SMILES string of the molecule is CCC[C@@H](C)S(=O)(=O)NC(=O)[C@@H](C)c1ccccc1. The highest BCUT2D eigenvalue weighted by molar-refractivity contribution is 7.90. The van der Waals surface area contributed by atoms with Crippen molar-refractivity contribution in [1.82, 2.24) is 4.72 Å². The molecule has 1 N–H and O–H groups in total. The Morgan fingerprint density at radius 1 is 1.21 bits per heavy atom. The molecule has 1 rings (SSSR count). The summed E-state index contributed by atoms with van der Waals surface area (Å²) in [5.41, 5.74) is 0.804. The van der Waals surface area contributed by atoms with Crippen molar-refractivity contribution in [2.24, 2.45) is 0 Å². The summed E-state index contributed by atoms with van der Waals surface area (Å²) in [7, 11) is -3.57. The van der Waals surface area contributed by atoms with Crippen LogP contribution in [-0.4, -0.2) is 19.6 Å². The maximum Gasteiger partial charge on any atom is 0.240 e. The van der Waals surface area contributed by atoms with Gasteiger partial charge >= 0.3 is 0 Å². The first-order chi connectivity index (χ1) is 8.88. The second kappa shape index (κ2) is 6.70. The predicted molar refractivity (Wildman–Crippen MR) is 76.3 cm³/mol. The number of carbonyl (C=O) groups is 1. The van der Waals surface area contributed by atoms with E-state index in [-0.39, 0.29) is 0 Å². The van der Waals surface area contributed by atoms with Crippen molar-refractivity contribution in [2.45, 2.75) is 44.8 Å².